The number of aromatic nitrogens is 3. The highest BCUT2D eigenvalue weighted by molar-refractivity contribution is 5.65. The van der Waals surface area contributed by atoms with Crippen LogP contribution in [0, 0.1) is 0 Å². The molecule has 4 heteroatoms. The van der Waals surface area contributed by atoms with E-state index in [2.05, 4.69) is 16.3 Å². The van der Waals surface area contributed by atoms with E-state index in [0.29, 0.717) is 6.42 Å². The topological polar surface area (TPSA) is 50.7 Å². The van der Waals surface area contributed by atoms with Gasteiger partial charge in [-0.2, -0.15) is 5.10 Å². The first kappa shape index (κ1) is 8.23. The number of fused-ring (bicyclic) bond motifs is 2. The number of benzene rings is 1. The normalized spacial score (nSPS) is 13.1. The standard InChI is InChI=1S/C11H9N3O/c15-11-13-12-10-7-9-4-2-1-3-8(9)5-6-14(10)11/h1-6H,7H2,(H,13,15). The summed E-state index contributed by atoms with van der Waals surface area (Å²) >= 11 is 0. The molecule has 0 radical (unpaired) electrons. The summed E-state index contributed by atoms with van der Waals surface area (Å²) in [5.41, 5.74) is 2.14. The van der Waals surface area contributed by atoms with Crippen LogP contribution in [-0.4, -0.2) is 14.8 Å². The molecule has 0 aliphatic carbocycles. The van der Waals surface area contributed by atoms with Crippen LogP contribution in [0.2, 0.25) is 0 Å². The maximum atomic E-state index is 11.4. The van der Waals surface area contributed by atoms with E-state index in [9.17, 15) is 4.79 Å². The van der Waals surface area contributed by atoms with Crippen LogP contribution >= 0.6 is 0 Å². The maximum absolute atomic E-state index is 11.4. The summed E-state index contributed by atoms with van der Waals surface area (Å²) in [6.07, 6.45) is 4.37. The summed E-state index contributed by atoms with van der Waals surface area (Å²) in [6, 6.07) is 8.07. The average molecular weight is 199 g/mol. The van der Waals surface area contributed by atoms with E-state index in [1.807, 2.05) is 24.3 Å². The molecule has 15 heavy (non-hydrogen) atoms. The van der Waals surface area contributed by atoms with Crippen LogP contribution in [0.1, 0.15) is 17.0 Å². The number of hydrogen-bond acceptors (Lipinski definition) is 2. The lowest BCUT2D eigenvalue weighted by Gasteiger charge is -2.00. The van der Waals surface area contributed by atoms with Gasteiger partial charge in [-0.1, -0.05) is 24.3 Å². The van der Waals surface area contributed by atoms with Gasteiger partial charge in [0.2, 0.25) is 0 Å². The Bertz CT molecular complexity index is 592. The molecule has 1 aliphatic heterocycles. The summed E-state index contributed by atoms with van der Waals surface area (Å²) in [4.78, 5) is 11.4. The van der Waals surface area contributed by atoms with Crippen molar-refractivity contribution in [1.29, 1.82) is 0 Å². The molecule has 4 nitrogen and oxygen atoms in total. The molecule has 2 heterocycles. The number of aromatic amines is 1. The fourth-order valence-electron chi connectivity index (χ4n) is 1.80. The van der Waals surface area contributed by atoms with Crippen molar-refractivity contribution in [2.75, 3.05) is 0 Å². The molecular weight excluding hydrogens is 190 g/mol. The second-order valence-electron chi connectivity index (χ2n) is 3.51. The molecule has 0 saturated heterocycles. The zero-order valence-electron chi connectivity index (χ0n) is 7.97. The molecule has 0 atom stereocenters. The van der Waals surface area contributed by atoms with E-state index in [0.717, 1.165) is 11.4 Å². The van der Waals surface area contributed by atoms with Crippen LogP contribution in [0.25, 0.3) is 12.3 Å². The zero-order valence-corrected chi connectivity index (χ0v) is 7.97. The number of nitrogens with zero attached hydrogens (tertiary/aromatic N) is 2. The van der Waals surface area contributed by atoms with E-state index in [1.54, 1.807) is 10.8 Å². The van der Waals surface area contributed by atoms with Crippen molar-refractivity contribution >= 4 is 12.3 Å². The van der Waals surface area contributed by atoms with Gasteiger partial charge in [0.1, 0.15) is 5.82 Å². The molecule has 0 amide bonds. The van der Waals surface area contributed by atoms with Crippen molar-refractivity contribution in [3.8, 4) is 0 Å². The summed E-state index contributed by atoms with van der Waals surface area (Å²) in [7, 11) is 0. The van der Waals surface area contributed by atoms with Crippen molar-refractivity contribution in [2.45, 2.75) is 6.42 Å². The van der Waals surface area contributed by atoms with Crippen molar-refractivity contribution in [3.63, 3.8) is 0 Å². The van der Waals surface area contributed by atoms with Crippen LogP contribution in [0.15, 0.2) is 29.1 Å². The molecule has 0 fully saturated rings. The fraction of sp³-hybridized carbons (Fsp3) is 0.0909. The van der Waals surface area contributed by atoms with Crippen molar-refractivity contribution in [2.24, 2.45) is 0 Å². The summed E-state index contributed by atoms with van der Waals surface area (Å²) in [6.45, 7) is 0. The van der Waals surface area contributed by atoms with Gasteiger partial charge in [-0.25, -0.2) is 9.89 Å². The van der Waals surface area contributed by atoms with Gasteiger partial charge < -0.3 is 0 Å². The highest BCUT2D eigenvalue weighted by atomic mass is 16.1. The Labute approximate surface area is 85.9 Å². The number of hydrogen-bond donors (Lipinski definition) is 1. The van der Waals surface area contributed by atoms with Gasteiger partial charge in [0.25, 0.3) is 0 Å². The Kier molecular flexibility index (Phi) is 1.62. The Morgan fingerprint density at radius 2 is 2.20 bits per heavy atom. The molecule has 0 saturated carbocycles. The lowest BCUT2D eigenvalue weighted by Crippen LogP contribution is -2.12. The van der Waals surface area contributed by atoms with Crippen molar-refractivity contribution in [3.05, 3.63) is 51.7 Å². The largest absolute Gasteiger partial charge is 0.347 e. The third-order valence-corrected chi connectivity index (χ3v) is 2.58. The zero-order chi connectivity index (χ0) is 10.3. The van der Waals surface area contributed by atoms with E-state index >= 15 is 0 Å². The molecule has 0 bridgehead atoms. The average Bonchev–Trinajstić information content (AvgIpc) is 2.51. The molecule has 1 aliphatic rings. The molecule has 3 rings (SSSR count). The molecule has 2 aromatic rings. The van der Waals surface area contributed by atoms with Crippen molar-refractivity contribution in [1.82, 2.24) is 14.8 Å². The minimum atomic E-state index is -0.186. The molecule has 0 unspecified atom stereocenters. The lowest BCUT2D eigenvalue weighted by atomic mass is 10.1. The Morgan fingerprint density at radius 3 is 3.13 bits per heavy atom. The molecular formula is C11H9N3O. The smallest absolute Gasteiger partial charge is 0.254 e. The van der Waals surface area contributed by atoms with Crippen LogP contribution in [0.5, 0.6) is 0 Å². The second kappa shape index (κ2) is 2.95. The minimum Gasteiger partial charge on any atom is -0.254 e. The van der Waals surface area contributed by atoms with Gasteiger partial charge in [-0.3, -0.25) is 4.57 Å². The van der Waals surface area contributed by atoms with Crippen LogP contribution in [-0.2, 0) is 6.42 Å². The quantitative estimate of drug-likeness (QED) is 0.589. The van der Waals surface area contributed by atoms with Gasteiger partial charge in [0.05, 0.1) is 0 Å². The Morgan fingerprint density at radius 1 is 1.33 bits per heavy atom. The first-order valence-corrected chi connectivity index (χ1v) is 4.76. The summed E-state index contributed by atoms with van der Waals surface area (Å²) < 4.78 is 1.54. The Hall–Kier alpha value is -2.10. The number of H-pyrrole nitrogens is 1. The maximum Gasteiger partial charge on any atom is 0.347 e. The summed E-state index contributed by atoms with van der Waals surface area (Å²) in [5.74, 6) is 0.751. The highest BCUT2D eigenvalue weighted by Gasteiger charge is 2.11. The number of rotatable bonds is 0. The molecule has 1 N–H and O–H groups in total. The van der Waals surface area contributed by atoms with Gasteiger partial charge in [0, 0.05) is 12.6 Å². The van der Waals surface area contributed by atoms with Gasteiger partial charge in [-0.05, 0) is 17.2 Å². The van der Waals surface area contributed by atoms with Crippen molar-refractivity contribution < 1.29 is 0 Å². The highest BCUT2D eigenvalue weighted by Crippen LogP contribution is 2.17. The van der Waals surface area contributed by atoms with E-state index in [-0.39, 0.29) is 5.69 Å². The fourth-order valence-corrected chi connectivity index (χ4v) is 1.80. The van der Waals surface area contributed by atoms with E-state index < -0.39 is 0 Å². The second-order valence-corrected chi connectivity index (χ2v) is 3.51. The first-order valence-electron chi connectivity index (χ1n) is 4.76. The molecule has 0 spiro atoms. The number of nitrogens with one attached hydrogen (secondary N) is 1. The van der Waals surface area contributed by atoms with E-state index in [1.165, 1.54) is 5.56 Å². The van der Waals surface area contributed by atoms with Crippen LogP contribution in [0.3, 0.4) is 0 Å². The predicted octanol–water partition coefficient (Wildman–Crippen LogP) is 1.10. The van der Waals surface area contributed by atoms with E-state index in [4.69, 9.17) is 0 Å². The predicted molar refractivity (Wildman–Crippen MR) is 57.3 cm³/mol. The molecule has 74 valence electrons. The van der Waals surface area contributed by atoms with Crippen LogP contribution in [0.4, 0.5) is 0 Å². The van der Waals surface area contributed by atoms with Gasteiger partial charge >= 0.3 is 5.69 Å². The van der Waals surface area contributed by atoms with Gasteiger partial charge in [0.15, 0.2) is 0 Å². The Balaban J connectivity index is 2.24. The van der Waals surface area contributed by atoms with Crippen LogP contribution < -0.4 is 5.69 Å². The molecule has 1 aromatic heterocycles. The monoisotopic (exact) mass is 199 g/mol. The SMILES string of the molecule is O=c1[nH]nc2n1C=Cc1ccccc1C2. The lowest BCUT2D eigenvalue weighted by molar-refractivity contribution is 0.935. The third-order valence-electron chi connectivity index (χ3n) is 2.58. The minimum absolute atomic E-state index is 0.186. The molecule has 1 aromatic carbocycles. The summed E-state index contributed by atoms with van der Waals surface area (Å²) in [5, 5.41) is 6.43. The third kappa shape index (κ3) is 1.22. The first-order chi connectivity index (χ1) is 7.34. The van der Waals surface area contributed by atoms with Gasteiger partial charge in [-0.15, -0.1) is 0 Å².